The van der Waals surface area contributed by atoms with E-state index in [1.165, 1.54) is 18.6 Å². The first kappa shape index (κ1) is 19.4. The van der Waals surface area contributed by atoms with Crippen LogP contribution in [0.2, 0.25) is 0 Å². The highest BCUT2D eigenvalue weighted by molar-refractivity contribution is 7.92. The van der Waals surface area contributed by atoms with Crippen molar-refractivity contribution in [3.05, 3.63) is 54.4 Å². The molecule has 7 nitrogen and oxygen atoms in total. The number of fused-ring (bicyclic) bond motifs is 1. The zero-order valence-corrected chi connectivity index (χ0v) is 17.2. The number of anilines is 1. The molecule has 0 unspecified atom stereocenters. The lowest BCUT2D eigenvalue weighted by molar-refractivity contribution is 0.340. The van der Waals surface area contributed by atoms with E-state index in [1.807, 2.05) is 19.1 Å². The minimum Gasteiger partial charge on any atom is -0.494 e. The number of nitrogens with zero attached hydrogens (tertiary/aromatic N) is 3. The molecule has 0 spiro atoms. The molecule has 2 aromatic carbocycles. The van der Waals surface area contributed by atoms with Gasteiger partial charge in [-0.05, 0) is 56.2 Å². The van der Waals surface area contributed by atoms with Gasteiger partial charge in [0.05, 0.1) is 11.5 Å². The number of aromatic nitrogens is 3. The Hall–Kier alpha value is -2.87. The third kappa shape index (κ3) is 4.27. The predicted octanol–water partition coefficient (Wildman–Crippen LogP) is 3.87. The fourth-order valence-corrected chi connectivity index (χ4v) is 4.57. The first-order valence-corrected chi connectivity index (χ1v) is 11.3. The van der Waals surface area contributed by atoms with Crippen molar-refractivity contribution in [2.24, 2.45) is 0 Å². The molecular formula is C21H24N4O3S. The molecule has 1 aromatic heterocycles. The molecule has 0 fully saturated rings. The summed E-state index contributed by atoms with van der Waals surface area (Å²) < 4.78 is 35.7. The van der Waals surface area contributed by atoms with Gasteiger partial charge in [0.2, 0.25) is 0 Å². The van der Waals surface area contributed by atoms with E-state index in [0.717, 1.165) is 43.0 Å². The number of hydrogen-bond donors (Lipinski definition) is 1. The molecule has 0 bridgehead atoms. The summed E-state index contributed by atoms with van der Waals surface area (Å²) in [6.45, 7) is 3.30. The SMILES string of the molecule is CCOc1ccc(S(=O)(=O)Nc2cccc(-c3nnc4n3CCCCC4)c2)cc1. The van der Waals surface area contributed by atoms with Gasteiger partial charge in [0.25, 0.3) is 10.0 Å². The maximum Gasteiger partial charge on any atom is 0.261 e. The van der Waals surface area contributed by atoms with Crippen LogP contribution in [0, 0.1) is 0 Å². The van der Waals surface area contributed by atoms with Crippen LogP contribution in [0.15, 0.2) is 53.4 Å². The van der Waals surface area contributed by atoms with Crippen molar-refractivity contribution >= 4 is 15.7 Å². The number of ether oxygens (including phenoxy) is 1. The second-order valence-electron chi connectivity index (χ2n) is 6.99. The number of benzene rings is 2. The highest BCUT2D eigenvalue weighted by Gasteiger charge is 2.18. The number of hydrogen-bond acceptors (Lipinski definition) is 5. The van der Waals surface area contributed by atoms with Gasteiger partial charge in [-0.2, -0.15) is 0 Å². The van der Waals surface area contributed by atoms with Crippen LogP contribution in [0.3, 0.4) is 0 Å². The number of rotatable bonds is 6. The summed E-state index contributed by atoms with van der Waals surface area (Å²) in [5.41, 5.74) is 1.33. The molecule has 152 valence electrons. The first-order valence-electron chi connectivity index (χ1n) is 9.85. The lowest BCUT2D eigenvalue weighted by atomic mass is 10.2. The maximum absolute atomic E-state index is 12.8. The van der Waals surface area contributed by atoms with E-state index in [4.69, 9.17) is 4.74 Å². The average molecular weight is 413 g/mol. The normalized spacial score (nSPS) is 14.1. The summed E-state index contributed by atoms with van der Waals surface area (Å²) in [7, 11) is -3.70. The van der Waals surface area contributed by atoms with Gasteiger partial charge in [-0.3, -0.25) is 4.72 Å². The van der Waals surface area contributed by atoms with Crippen molar-refractivity contribution in [3.8, 4) is 17.1 Å². The van der Waals surface area contributed by atoms with Gasteiger partial charge in [0.1, 0.15) is 11.6 Å². The second kappa shape index (κ2) is 8.24. The third-order valence-corrected chi connectivity index (χ3v) is 6.32. The number of aryl methyl sites for hydroxylation is 1. The molecule has 0 aliphatic carbocycles. The van der Waals surface area contributed by atoms with E-state index in [2.05, 4.69) is 19.5 Å². The van der Waals surface area contributed by atoms with Gasteiger partial charge in [0, 0.05) is 24.2 Å². The summed E-state index contributed by atoms with van der Waals surface area (Å²) in [6, 6.07) is 13.7. The fraction of sp³-hybridized carbons (Fsp3) is 0.333. The molecule has 1 aliphatic heterocycles. The van der Waals surface area contributed by atoms with Crippen LogP contribution < -0.4 is 9.46 Å². The van der Waals surface area contributed by atoms with Gasteiger partial charge in [0.15, 0.2) is 5.82 Å². The van der Waals surface area contributed by atoms with Gasteiger partial charge < -0.3 is 9.30 Å². The Bertz CT molecular complexity index is 1090. The van der Waals surface area contributed by atoms with E-state index >= 15 is 0 Å². The van der Waals surface area contributed by atoms with Gasteiger partial charge in [-0.15, -0.1) is 10.2 Å². The molecular weight excluding hydrogens is 388 g/mol. The Morgan fingerprint density at radius 3 is 2.69 bits per heavy atom. The standard InChI is InChI=1S/C21H24N4O3S/c1-2-28-18-10-12-19(13-11-18)29(26,27)24-17-8-6-7-16(15-17)21-23-22-20-9-4-3-5-14-25(20)21/h6-8,10-13,15,24H,2-5,9,14H2,1H3. The molecule has 1 aliphatic rings. The molecule has 29 heavy (non-hydrogen) atoms. The molecule has 4 rings (SSSR count). The molecule has 8 heteroatoms. The minimum absolute atomic E-state index is 0.183. The summed E-state index contributed by atoms with van der Waals surface area (Å²) in [5.74, 6) is 2.42. The third-order valence-electron chi connectivity index (χ3n) is 4.93. The highest BCUT2D eigenvalue weighted by Crippen LogP contribution is 2.26. The smallest absolute Gasteiger partial charge is 0.261 e. The van der Waals surface area contributed by atoms with Crippen molar-refractivity contribution in [1.82, 2.24) is 14.8 Å². The zero-order chi connectivity index (χ0) is 20.3. The van der Waals surface area contributed by atoms with E-state index < -0.39 is 10.0 Å². The molecule has 0 radical (unpaired) electrons. The second-order valence-corrected chi connectivity index (χ2v) is 8.68. The molecule has 3 aromatic rings. The molecule has 2 heterocycles. The van der Waals surface area contributed by atoms with Crippen molar-refractivity contribution in [3.63, 3.8) is 0 Å². The van der Waals surface area contributed by atoms with Crippen molar-refractivity contribution in [2.75, 3.05) is 11.3 Å². The molecule has 0 atom stereocenters. The van der Waals surface area contributed by atoms with Crippen LogP contribution in [0.25, 0.3) is 11.4 Å². The van der Waals surface area contributed by atoms with Crippen molar-refractivity contribution in [1.29, 1.82) is 0 Å². The van der Waals surface area contributed by atoms with Crippen LogP contribution in [0.5, 0.6) is 5.75 Å². The molecule has 0 saturated carbocycles. The molecule has 0 amide bonds. The van der Waals surface area contributed by atoms with Crippen LogP contribution in [-0.4, -0.2) is 29.8 Å². The average Bonchev–Trinajstić information content (AvgIpc) is 2.97. The van der Waals surface area contributed by atoms with E-state index in [1.54, 1.807) is 24.3 Å². The van der Waals surface area contributed by atoms with Gasteiger partial charge in [-0.25, -0.2) is 8.42 Å². The topological polar surface area (TPSA) is 86.1 Å². The predicted molar refractivity (Wildman–Crippen MR) is 111 cm³/mol. The quantitative estimate of drug-likeness (QED) is 0.664. The summed E-state index contributed by atoms with van der Waals surface area (Å²) in [5, 5.41) is 8.69. The molecule has 1 N–H and O–H groups in total. The van der Waals surface area contributed by atoms with Gasteiger partial charge >= 0.3 is 0 Å². The largest absolute Gasteiger partial charge is 0.494 e. The van der Waals surface area contributed by atoms with Crippen LogP contribution in [-0.2, 0) is 23.0 Å². The minimum atomic E-state index is -3.70. The Balaban J connectivity index is 1.58. The Morgan fingerprint density at radius 2 is 1.90 bits per heavy atom. The first-order chi connectivity index (χ1) is 14.1. The zero-order valence-electron chi connectivity index (χ0n) is 16.3. The van der Waals surface area contributed by atoms with E-state index in [-0.39, 0.29) is 4.90 Å². The lowest BCUT2D eigenvalue weighted by Crippen LogP contribution is -2.13. The molecule has 0 saturated heterocycles. The summed E-state index contributed by atoms with van der Waals surface area (Å²) in [4.78, 5) is 0.183. The van der Waals surface area contributed by atoms with Crippen LogP contribution in [0.4, 0.5) is 5.69 Å². The van der Waals surface area contributed by atoms with E-state index in [9.17, 15) is 8.42 Å². The monoisotopic (exact) mass is 412 g/mol. The van der Waals surface area contributed by atoms with Crippen molar-refractivity contribution in [2.45, 2.75) is 44.0 Å². The van der Waals surface area contributed by atoms with Crippen LogP contribution in [0.1, 0.15) is 32.0 Å². The lowest BCUT2D eigenvalue weighted by Gasteiger charge is -2.11. The summed E-state index contributed by atoms with van der Waals surface area (Å²) in [6.07, 6.45) is 4.34. The summed E-state index contributed by atoms with van der Waals surface area (Å²) >= 11 is 0. The van der Waals surface area contributed by atoms with E-state index in [0.29, 0.717) is 18.0 Å². The number of nitrogens with one attached hydrogen (secondary N) is 1. The fourth-order valence-electron chi connectivity index (χ4n) is 3.52. The highest BCUT2D eigenvalue weighted by atomic mass is 32.2. The Morgan fingerprint density at radius 1 is 1.07 bits per heavy atom. The van der Waals surface area contributed by atoms with Crippen molar-refractivity contribution < 1.29 is 13.2 Å². The Kier molecular flexibility index (Phi) is 5.53. The van der Waals surface area contributed by atoms with Crippen LogP contribution >= 0.6 is 0 Å². The Labute approximate surface area is 170 Å². The number of sulfonamides is 1. The van der Waals surface area contributed by atoms with Gasteiger partial charge in [-0.1, -0.05) is 18.6 Å². The maximum atomic E-state index is 12.8.